The number of nitrogens with one attached hydrogen (secondary N) is 2. The highest BCUT2D eigenvalue weighted by Crippen LogP contribution is 2.36. The molecule has 0 spiro atoms. The molecule has 0 radical (unpaired) electrons. The van der Waals surface area contributed by atoms with Crippen molar-refractivity contribution >= 4 is 17.5 Å². The molecule has 0 aliphatic rings. The predicted molar refractivity (Wildman–Crippen MR) is 114 cm³/mol. The van der Waals surface area contributed by atoms with E-state index in [0.717, 1.165) is 18.2 Å². The summed E-state index contributed by atoms with van der Waals surface area (Å²) in [6, 6.07) is 10.2. The van der Waals surface area contributed by atoms with Crippen LogP contribution < -0.4 is 15.4 Å². The van der Waals surface area contributed by atoms with Crippen LogP contribution in [0.3, 0.4) is 0 Å². The molecule has 182 valence electrons. The molecule has 0 aliphatic heterocycles. The number of rotatable bonds is 8. The van der Waals surface area contributed by atoms with Gasteiger partial charge in [0.15, 0.2) is 0 Å². The van der Waals surface area contributed by atoms with Gasteiger partial charge in [0.1, 0.15) is 11.6 Å². The van der Waals surface area contributed by atoms with Gasteiger partial charge in [-0.25, -0.2) is 4.98 Å². The van der Waals surface area contributed by atoms with Crippen molar-refractivity contribution in [2.24, 2.45) is 0 Å². The van der Waals surface area contributed by atoms with Crippen molar-refractivity contribution in [3.05, 3.63) is 59.7 Å². The summed E-state index contributed by atoms with van der Waals surface area (Å²) in [6.45, 7) is 1.50. The lowest BCUT2D eigenvalue weighted by atomic mass is 10.1. The zero-order valence-electron chi connectivity index (χ0n) is 17.8. The Labute approximate surface area is 190 Å². The summed E-state index contributed by atoms with van der Waals surface area (Å²) in [5.41, 5.74) is -0.259. The van der Waals surface area contributed by atoms with Crippen LogP contribution in [-0.2, 0) is 6.18 Å². The van der Waals surface area contributed by atoms with Gasteiger partial charge in [0.25, 0.3) is 0 Å². The van der Waals surface area contributed by atoms with Gasteiger partial charge >= 0.3 is 12.5 Å². The smallest absolute Gasteiger partial charge is 0.406 e. The zero-order valence-corrected chi connectivity index (χ0v) is 17.8. The second-order valence-corrected chi connectivity index (χ2v) is 7.14. The van der Waals surface area contributed by atoms with Crippen molar-refractivity contribution in [1.82, 2.24) is 9.97 Å². The first-order valence-electron chi connectivity index (χ1n) is 10.00. The third-order valence-electron chi connectivity index (χ3n) is 4.61. The SMILES string of the molecule is Cc1c(Nc2cc(-c3cccc(OC(F)(F)F)c3)nc(NCCCO)n2)cccc1C(F)(F)F. The Morgan fingerprint density at radius 1 is 0.971 bits per heavy atom. The molecule has 0 amide bonds. The Kier molecular flexibility index (Phi) is 7.50. The fourth-order valence-corrected chi connectivity index (χ4v) is 3.09. The summed E-state index contributed by atoms with van der Waals surface area (Å²) in [5, 5.41) is 14.7. The molecular formula is C22H20F6N4O2. The molecule has 0 fully saturated rings. The standard InChI is InChI=1S/C22H20F6N4O2/c1-13-16(21(23,24)25)7-3-8-17(13)30-19-12-18(31-20(32-19)29-9-4-10-33)14-5-2-6-15(11-14)34-22(26,27)28/h2-3,5-8,11-12,33H,4,9-10H2,1H3,(H2,29,30,31,32). The van der Waals surface area contributed by atoms with Crippen molar-refractivity contribution in [3.8, 4) is 17.0 Å². The minimum absolute atomic E-state index is 0.0504. The molecule has 0 saturated carbocycles. The number of hydrogen-bond donors (Lipinski definition) is 3. The minimum atomic E-state index is -4.88. The maximum absolute atomic E-state index is 13.3. The van der Waals surface area contributed by atoms with Gasteiger partial charge in [-0.1, -0.05) is 18.2 Å². The largest absolute Gasteiger partial charge is 0.573 e. The van der Waals surface area contributed by atoms with E-state index in [-0.39, 0.29) is 40.9 Å². The van der Waals surface area contributed by atoms with Crippen LogP contribution in [0, 0.1) is 6.92 Å². The Morgan fingerprint density at radius 3 is 2.38 bits per heavy atom. The lowest BCUT2D eigenvalue weighted by Crippen LogP contribution is -2.17. The van der Waals surface area contributed by atoms with E-state index in [9.17, 15) is 26.3 Å². The molecular weight excluding hydrogens is 466 g/mol. The fraction of sp³-hybridized carbons (Fsp3) is 0.273. The van der Waals surface area contributed by atoms with Crippen LogP contribution in [0.25, 0.3) is 11.3 Å². The number of nitrogens with zero attached hydrogens (tertiary/aromatic N) is 2. The number of aromatic nitrogens is 2. The molecule has 0 aliphatic carbocycles. The van der Waals surface area contributed by atoms with Gasteiger partial charge in [0.2, 0.25) is 5.95 Å². The summed E-state index contributed by atoms with van der Waals surface area (Å²) in [4.78, 5) is 8.51. The van der Waals surface area contributed by atoms with Crippen LogP contribution in [0.4, 0.5) is 43.8 Å². The van der Waals surface area contributed by atoms with Gasteiger partial charge in [-0.05, 0) is 43.2 Å². The number of alkyl halides is 6. The summed E-state index contributed by atoms with van der Waals surface area (Å²) < 4.78 is 81.6. The topological polar surface area (TPSA) is 79.3 Å². The molecule has 0 atom stereocenters. The van der Waals surface area contributed by atoms with E-state index < -0.39 is 23.9 Å². The van der Waals surface area contributed by atoms with Crippen LogP contribution in [0.15, 0.2) is 48.5 Å². The molecule has 3 N–H and O–H groups in total. The Hall–Kier alpha value is -3.54. The number of aliphatic hydroxyl groups is 1. The van der Waals surface area contributed by atoms with E-state index in [1.807, 2.05) is 0 Å². The maximum atomic E-state index is 13.3. The highest BCUT2D eigenvalue weighted by molar-refractivity contribution is 5.70. The average Bonchev–Trinajstić information content (AvgIpc) is 2.73. The third-order valence-corrected chi connectivity index (χ3v) is 4.61. The molecule has 0 bridgehead atoms. The highest BCUT2D eigenvalue weighted by atomic mass is 19.4. The van der Waals surface area contributed by atoms with Gasteiger partial charge in [-0.2, -0.15) is 18.2 Å². The number of anilines is 3. The second-order valence-electron chi connectivity index (χ2n) is 7.14. The van der Waals surface area contributed by atoms with Crippen molar-refractivity contribution < 1.29 is 36.2 Å². The molecule has 34 heavy (non-hydrogen) atoms. The normalized spacial score (nSPS) is 11.9. The third kappa shape index (κ3) is 6.73. The van der Waals surface area contributed by atoms with E-state index in [4.69, 9.17) is 5.11 Å². The summed E-state index contributed by atoms with van der Waals surface area (Å²) in [7, 11) is 0. The lowest BCUT2D eigenvalue weighted by Gasteiger charge is -2.16. The second kappa shape index (κ2) is 10.2. The number of hydrogen-bond acceptors (Lipinski definition) is 6. The molecule has 2 aromatic carbocycles. The molecule has 0 saturated heterocycles. The fourth-order valence-electron chi connectivity index (χ4n) is 3.09. The van der Waals surface area contributed by atoms with Crippen molar-refractivity contribution in [3.63, 3.8) is 0 Å². The van der Waals surface area contributed by atoms with Crippen LogP contribution in [0.1, 0.15) is 17.5 Å². The number of halogens is 6. The van der Waals surface area contributed by atoms with E-state index in [2.05, 4.69) is 25.3 Å². The molecule has 0 unspecified atom stereocenters. The summed E-state index contributed by atoms with van der Waals surface area (Å²) in [6.07, 6.45) is -9.05. The van der Waals surface area contributed by atoms with E-state index in [0.29, 0.717) is 13.0 Å². The van der Waals surface area contributed by atoms with Crippen LogP contribution in [0.5, 0.6) is 5.75 Å². The molecule has 6 nitrogen and oxygen atoms in total. The maximum Gasteiger partial charge on any atom is 0.573 e. The van der Waals surface area contributed by atoms with Crippen LogP contribution in [0.2, 0.25) is 0 Å². The first-order chi connectivity index (χ1) is 16.0. The van der Waals surface area contributed by atoms with E-state index in [1.54, 1.807) is 0 Å². The van der Waals surface area contributed by atoms with Gasteiger partial charge in [0.05, 0.1) is 11.3 Å². The lowest BCUT2D eigenvalue weighted by molar-refractivity contribution is -0.274. The first-order valence-corrected chi connectivity index (χ1v) is 10.00. The van der Waals surface area contributed by atoms with Gasteiger partial charge in [0, 0.05) is 30.5 Å². The highest BCUT2D eigenvalue weighted by Gasteiger charge is 2.33. The Bertz CT molecular complexity index is 1140. The Balaban J connectivity index is 2.00. The van der Waals surface area contributed by atoms with Crippen LogP contribution in [-0.4, -0.2) is 34.6 Å². The number of benzene rings is 2. The molecule has 3 rings (SSSR count). The summed E-state index contributed by atoms with van der Waals surface area (Å²) >= 11 is 0. The molecule has 1 heterocycles. The van der Waals surface area contributed by atoms with Crippen molar-refractivity contribution in [1.29, 1.82) is 0 Å². The van der Waals surface area contributed by atoms with Crippen LogP contribution >= 0.6 is 0 Å². The monoisotopic (exact) mass is 486 g/mol. The minimum Gasteiger partial charge on any atom is -0.406 e. The number of ether oxygens (including phenoxy) is 1. The predicted octanol–water partition coefficient (Wildman–Crippen LogP) is 5.91. The summed E-state index contributed by atoms with van der Waals surface area (Å²) in [5.74, 6) is -0.275. The van der Waals surface area contributed by atoms with Gasteiger partial charge < -0.3 is 20.5 Å². The zero-order chi connectivity index (χ0) is 24.9. The van der Waals surface area contributed by atoms with Gasteiger partial charge in [-0.3, -0.25) is 0 Å². The quantitative estimate of drug-likeness (QED) is 0.272. The molecule has 1 aromatic heterocycles. The number of aliphatic hydroxyl groups excluding tert-OH is 1. The Morgan fingerprint density at radius 2 is 1.71 bits per heavy atom. The van der Waals surface area contributed by atoms with E-state index >= 15 is 0 Å². The molecule has 3 aromatic rings. The first kappa shape index (κ1) is 25.1. The van der Waals surface area contributed by atoms with Gasteiger partial charge in [-0.15, -0.1) is 13.2 Å². The molecule has 12 heteroatoms. The van der Waals surface area contributed by atoms with E-state index in [1.165, 1.54) is 37.3 Å². The van der Waals surface area contributed by atoms with Crippen molar-refractivity contribution in [2.75, 3.05) is 23.8 Å². The van der Waals surface area contributed by atoms with Crippen molar-refractivity contribution in [2.45, 2.75) is 25.9 Å². The average molecular weight is 486 g/mol.